The van der Waals surface area contributed by atoms with E-state index in [-0.39, 0.29) is 36.3 Å². The minimum atomic E-state index is -1.07. The van der Waals surface area contributed by atoms with Crippen molar-refractivity contribution in [3.8, 4) is 17.2 Å². The molecule has 1 aromatic heterocycles. The number of aromatic amines is 1. The standard InChI is InChI=1S/C24H29N5O9/c1-35-17-7-13(8-18(36-2)21(17)37-3)22(32)28-15-5-6-20(31)29(23(15)33)11-19(30)27-16(24(34)38-4)9-14-10-25-12-26-14/h7-8,10,12,15-16H,5-6,9,11H2,1-4H3,(H,25,26)(H,27,30)(H,28,32)/t15-,16-/m0/s1. The molecule has 2 heterocycles. The number of H-pyrrole nitrogens is 1. The Balaban J connectivity index is 1.69. The van der Waals surface area contributed by atoms with Gasteiger partial charge in [-0.2, -0.15) is 0 Å². The van der Waals surface area contributed by atoms with Gasteiger partial charge in [0, 0.05) is 30.3 Å². The number of carbonyl (C=O) groups is 5. The van der Waals surface area contributed by atoms with Crippen molar-refractivity contribution >= 4 is 29.6 Å². The van der Waals surface area contributed by atoms with E-state index in [4.69, 9.17) is 18.9 Å². The Hall–Kier alpha value is -4.62. The molecule has 204 valence electrons. The van der Waals surface area contributed by atoms with Gasteiger partial charge in [-0.15, -0.1) is 0 Å². The number of nitrogens with one attached hydrogen (secondary N) is 3. The van der Waals surface area contributed by atoms with E-state index in [0.717, 1.165) is 4.90 Å². The fourth-order valence-corrected chi connectivity index (χ4v) is 3.93. The Kier molecular flexibility index (Phi) is 9.24. The van der Waals surface area contributed by atoms with Crippen LogP contribution in [0.3, 0.4) is 0 Å². The van der Waals surface area contributed by atoms with Crippen molar-refractivity contribution in [1.29, 1.82) is 0 Å². The molecule has 14 nitrogen and oxygen atoms in total. The van der Waals surface area contributed by atoms with Crippen molar-refractivity contribution < 1.29 is 42.9 Å². The number of nitrogens with zero attached hydrogens (tertiary/aromatic N) is 2. The summed E-state index contributed by atoms with van der Waals surface area (Å²) in [6.45, 7) is -0.634. The first-order chi connectivity index (χ1) is 18.2. The second-order valence-corrected chi connectivity index (χ2v) is 8.22. The predicted molar refractivity (Wildman–Crippen MR) is 130 cm³/mol. The van der Waals surface area contributed by atoms with Gasteiger partial charge in [0.1, 0.15) is 18.6 Å². The van der Waals surface area contributed by atoms with Gasteiger partial charge in [-0.1, -0.05) is 0 Å². The van der Waals surface area contributed by atoms with Crippen molar-refractivity contribution in [2.75, 3.05) is 35.0 Å². The molecular formula is C24H29N5O9. The minimum absolute atomic E-state index is 0.0521. The molecule has 3 rings (SSSR count). The Labute approximate surface area is 218 Å². The Bertz CT molecular complexity index is 1170. The van der Waals surface area contributed by atoms with E-state index in [1.165, 1.54) is 53.1 Å². The summed E-state index contributed by atoms with van der Waals surface area (Å²) in [6.07, 6.45) is 2.95. The van der Waals surface area contributed by atoms with Gasteiger partial charge in [-0.05, 0) is 18.6 Å². The van der Waals surface area contributed by atoms with Crippen molar-refractivity contribution in [3.63, 3.8) is 0 Å². The van der Waals surface area contributed by atoms with Crippen LogP contribution in [0.2, 0.25) is 0 Å². The van der Waals surface area contributed by atoms with Gasteiger partial charge in [0.25, 0.3) is 11.8 Å². The number of imide groups is 1. The average molecular weight is 532 g/mol. The molecule has 0 unspecified atom stereocenters. The monoisotopic (exact) mass is 531 g/mol. The zero-order valence-electron chi connectivity index (χ0n) is 21.4. The smallest absolute Gasteiger partial charge is 0.328 e. The van der Waals surface area contributed by atoms with Gasteiger partial charge in [-0.3, -0.25) is 24.1 Å². The largest absolute Gasteiger partial charge is 0.493 e. The first kappa shape index (κ1) is 28.0. The van der Waals surface area contributed by atoms with Crippen molar-refractivity contribution in [2.45, 2.75) is 31.3 Å². The van der Waals surface area contributed by atoms with Crippen LogP contribution in [-0.2, 0) is 30.3 Å². The highest BCUT2D eigenvalue weighted by atomic mass is 16.5. The first-order valence-corrected chi connectivity index (χ1v) is 11.5. The quantitative estimate of drug-likeness (QED) is 0.255. The van der Waals surface area contributed by atoms with E-state index < -0.39 is 48.2 Å². The van der Waals surface area contributed by atoms with Gasteiger partial charge in [-0.25, -0.2) is 9.78 Å². The lowest BCUT2D eigenvalue weighted by molar-refractivity contribution is -0.152. The molecule has 1 saturated heterocycles. The summed E-state index contributed by atoms with van der Waals surface area (Å²) >= 11 is 0. The van der Waals surface area contributed by atoms with Crippen molar-refractivity contribution in [2.24, 2.45) is 0 Å². The second kappa shape index (κ2) is 12.6. The van der Waals surface area contributed by atoms with E-state index in [1.54, 1.807) is 0 Å². The normalized spacial score (nSPS) is 15.9. The number of rotatable bonds is 11. The number of likely N-dealkylation sites (tertiary alicyclic amines) is 1. The zero-order chi connectivity index (χ0) is 27.8. The maximum Gasteiger partial charge on any atom is 0.328 e. The second-order valence-electron chi connectivity index (χ2n) is 8.22. The molecule has 0 bridgehead atoms. The van der Waals surface area contributed by atoms with Crippen LogP contribution in [0, 0.1) is 0 Å². The van der Waals surface area contributed by atoms with Gasteiger partial charge in [0.15, 0.2) is 11.5 Å². The summed E-state index contributed by atoms with van der Waals surface area (Å²) < 4.78 is 20.5. The summed E-state index contributed by atoms with van der Waals surface area (Å²) in [7, 11) is 5.40. The molecule has 3 N–H and O–H groups in total. The van der Waals surface area contributed by atoms with Crippen LogP contribution in [0.25, 0.3) is 0 Å². The van der Waals surface area contributed by atoms with E-state index in [2.05, 4.69) is 20.6 Å². The lowest BCUT2D eigenvalue weighted by Gasteiger charge is -2.31. The van der Waals surface area contributed by atoms with E-state index in [9.17, 15) is 24.0 Å². The number of hydrogen-bond donors (Lipinski definition) is 3. The molecule has 0 aliphatic carbocycles. The molecule has 1 fully saturated rings. The van der Waals surface area contributed by atoms with Gasteiger partial charge in [0.2, 0.25) is 17.6 Å². The number of esters is 1. The van der Waals surface area contributed by atoms with Crippen LogP contribution in [0.4, 0.5) is 0 Å². The Morgan fingerprint density at radius 2 is 1.79 bits per heavy atom. The van der Waals surface area contributed by atoms with Crippen LogP contribution in [0.5, 0.6) is 17.2 Å². The fourth-order valence-electron chi connectivity index (χ4n) is 3.93. The molecule has 14 heteroatoms. The summed E-state index contributed by atoms with van der Waals surface area (Å²) in [4.78, 5) is 70.8. The third-order valence-corrected chi connectivity index (χ3v) is 5.85. The molecule has 2 atom stereocenters. The lowest BCUT2D eigenvalue weighted by Crippen LogP contribution is -2.57. The van der Waals surface area contributed by atoms with Crippen LogP contribution in [0.1, 0.15) is 28.9 Å². The number of imidazole rings is 1. The highest BCUT2D eigenvalue weighted by Crippen LogP contribution is 2.38. The molecule has 38 heavy (non-hydrogen) atoms. The van der Waals surface area contributed by atoms with Crippen LogP contribution >= 0.6 is 0 Å². The summed E-state index contributed by atoms with van der Waals surface area (Å²) in [5.74, 6) is -2.62. The molecule has 0 saturated carbocycles. The molecular weight excluding hydrogens is 502 g/mol. The van der Waals surface area contributed by atoms with Crippen molar-refractivity contribution in [3.05, 3.63) is 35.9 Å². The number of piperidine rings is 1. The maximum absolute atomic E-state index is 13.1. The number of aromatic nitrogens is 2. The summed E-state index contributed by atoms with van der Waals surface area (Å²) in [5, 5.41) is 5.07. The average Bonchev–Trinajstić information content (AvgIpc) is 3.43. The third-order valence-electron chi connectivity index (χ3n) is 5.85. The van der Waals surface area contributed by atoms with Gasteiger partial charge in [0.05, 0.1) is 34.8 Å². The molecule has 1 aliphatic rings. The first-order valence-electron chi connectivity index (χ1n) is 11.5. The maximum atomic E-state index is 13.1. The molecule has 4 amide bonds. The van der Waals surface area contributed by atoms with E-state index in [0.29, 0.717) is 11.4 Å². The Morgan fingerprint density at radius 1 is 1.11 bits per heavy atom. The molecule has 1 aliphatic heterocycles. The number of ether oxygens (including phenoxy) is 4. The van der Waals surface area contributed by atoms with Crippen LogP contribution < -0.4 is 24.8 Å². The highest BCUT2D eigenvalue weighted by Gasteiger charge is 2.37. The number of methoxy groups -OCH3 is 4. The molecule has 0 spiro atoms. The topological polar surface area (TPSA) is 178 Å². The van der Waals surface area contributed by atoms with E-state index in [1.807, 2.05) is 0 Å². The fraction of sp³-hybridized carbons (Fsp3) is 0.417. The minimum Gasteiger partial charge on any atom is -0.493 e. The van der Waals surface area contributed by atoms with Gasteiger partial charge >= 0.3 is 5.97 Å². The van der Waals surface area contributed by atoms with Gasteiger partial charge < -0.3 is 34.6 Å². The van der Waals surface area contributed by atoms with Crippen molar-refractivity contribution in [1.82, 2.24) is 25.5 Å². The molecule has 2 aromatic rings. The zero-order valence-corrected chi connectivity index (χ0v) is 21.4. The highest BCUT2D eigenvalue weighted by molar-refractivity contribution is 6.06. The number of hydrogen-bond acceptors (Lipinski definition) is 10. The number of benzene rings is 1. The SMILES string of the molecule is COC(=O)[C@H](Cc1cnc[nH]1)NC(=O)CN1C(=O)CC[C@H](NC(=O)c2cc(OC)c(OC)c(OC)c2)C1=O. The lowest BCUT2D eigenvalue weighted by atomic mass is 10.0. The summed E-state index contributed by atoms with van der Waals surface area (Å²) in [5.41, 5.74) is 0.702. The summed E-state index contributed by atoms with van der Waals surface area (Å²) in [6, 6.07) is 0.715. The van der Waals surface area contributed by atoms with Crippen LogP contribution in [-0.4, -0.2) is 91.5 Å². The number of amides is 4. The third kappa shape index (κ3) is 6.38. The number of carbonyl (C=O) groups excluding carboxylic acids is 5. The van der Waals surface area contributed by atoms with E-state index >= 15 is 0 Å². The molecule has 1 aromatic carbocycles. The van der Waals surface area contributed by atoms with Crippen LogP contribution in [0.15, 0.2) is 24.7 Å². The molecule has 0 radical (unpaired) electrons. The predicted octanol–water partition coefficient (Wildman–Crippen LogP) is -0.417. The Morgan fingerprint density at radius 3 is 2.34 bits per heavy atom.